The number of hydrogen-bond donors (Lipinski definition) is 3. The molecule has 3 atom stereocenters. The van der Waals surface area contributed by atoms with Crippen molar-refractivity contribution < 1.29 is 9.59 Å². The number of rotatable bonds is 5. The van der Waals surface area contributed by atoms with Crippen LogP contribution in [0.15, 0.2) is 0 Å². The first kappa shape index (κ1) is 14.0. The highest BCUT2D eigenvalue weighted by molar-refractivity contribution is 5.89. The molecule has 3 N–H and O–H groups in total. The summed E-state index contributed by atoms with van der Waals surface area (Å²) in [7, 11) is 1.59. The number of carbonyl (C=O) groups is 2. The fraction of sp³-hybridized carbons (Fsp3) is 0.833. The average molecular weight is 241 g/mol. The Morgan fingerprint density at radius 3 is 2.65 bits per heavy atom. The normalized spacial score (nSPS) is 22.9. The zero-order chi connectivity index (χ0) is 12.8. The maximum atomic E-state index is 11.9. The van der Waals surface area contributed by atoms with Crippen LogP contribution in [0.5, 0.6) is 0 Å². The molecule has 0 bridgehead atoms. The van der Waals surface area contributed by atoms with Crippen LogP contribution in [-0.2, 0) is 9.59 Å². The van der Waals surface area contributed by atoms with Gasteiger partial charge in [0, 0.05) is 7.05 Å². The van der Waals surface area contributed by atoms with Gasteiger partial charge in [-0.25, -0.2) is 0 Å². The third kappa shape index (κ3) is 3.70. The van der Waals surface area contributed by atoms with E-state index in [0.717, 1.165) is 25.8 Å². The van der Waals surface area contributed by atoms with Gasteiger partial charge in [0.2, 0.25) is 11.8 Å². The van der Waals surface area contributed by atoms with E-state index in [9.17, 15) is 9.59 Å². The van der Waals surface area contributed by atoms with Crippen LogP contribution in [0.3, 0.4) is 0 Å². The van der Waals surface area contributed by atoms with Gasteiger partial charge in [0.15, 0.2) is 0 Å². The molecule has 0 spiro atoms. The lowest BCUT2D eigenvalue weighted by Crippen LogP contribution is -2.53. The molecule has 0 aromatic heterocycles. The number of likely N-dealkylation sites (N-methyl/N-ethyl adjacent to an activating group) is 1. The minimum Gasteiger partial charge on any atom is -0.357 e. The van der Waals surface area contributed by atoms with Crippen molar-refractivity contribution in [1.29, 1.82) is 0 Å². The fourth-order valence-corrected chi connectivity index (χ4v) is 2.02. The Morgan fingerprint density at radius 2 is 2.18 bits per heavy atom. The van der Waals surface area contributed by atoms with E-state index < -0.39 is 6.04 Å². The van der Waals surface area contributed by atoms with Gasteiger partial charge in [-0.15, -0.1) is 0 Å². The monoisotopic (exact) mass is 241 g/mol. The summed E-state index contributed by atoms with van der Waals surface area (Å²) in [5.41, 5.74) is 0. The van der Waals surface area contributed by atoms with Crippen molar-refractivity contribution in [1.82, 2.24) is 16.0 Å². The van der Waals surface area contributed by atoms with E-state index in [1.165, 1.54) is 0 Å². The molecule has 0 aromatic rings. The third-order valence-corrected chi connectivity index (χ3v) is 3.42. The SMILES string of the molecule is CCC(C)C(NC(=O)C1CCCN1)C(=O)NC. The van der Waals surface area contributed by atoms with Crippen molar-refractivity contribution in [2.45, 2.75) is 45.2 Å². The highest BCUT2D eigenvalue weighted by Crippen LogP contribution is 2.10. The maximum absolute atomic E-state index is 11.9. The van der Waals surface area contributed by atoms with Crippen molar-refractivity contribution >= 4 is 11.8 Å². The third-order valence-electron chi connectivity index (χ3n) is 3.42. The zero-order valence-corrected chi connectivity index (χ0v) is 10.9. The van der Waals surface area contributed by atoms with Crippen molar-refractivity contribution in [2.24, 2.45) is 5.92 Å². The molecule has 3 unspecified atom stereocenters. The van der Waals surface area contributed by atoms with Gasteiger partial charge in [0.1, 0.15) is 6.04 Å². The van der Waals surface area contributed by atoms with Crippen LogP contribution in [0.2, 0.25) is 0 Å². The average Bonchev–Trinajstić information content (AvgIpc) is 2.87. The summed E-state index contributed by atoms with van der Waals surface area (Å²) in [5.74, 6) is -0.0394. The van der Waals surface area contributed by atoms with Crippen LogP contribution < -0.4 is 16.0 Å². The Balaban J connectivity index is 2.58. The topological polar surface area (TPSA) is 70.2 Å². The Morgan fingerprint density at radius 1 is 1.47 bits per heavy atom. The molecule has 1 heterocycles. The van der Waals surface area contributed by atoms with E-state index in [1.807, 2.05) is 13.8 Å². The number of amides is 2. The fourth-order valence-electron chi connectivity index (χ4n) is 2.02. The number of hydrogen-bond acceptors (Lipinski definition) is 3. The van der Waals surface area contributed by atoms with Crippen LogP contribution in [-0.4, -0.2) is 37.5 Å². The van der Waals surface area contributed by atoms with Gasteiger partial charge in [-0.2, -0.15) is 0 Å². The summed E-state index contributed by atoms with van der Waals surface area (Å²) < 4.78 is 0. The van der Waals surface area contributed by atoms with Gasteiger partial charge in [-0.1, -0.05) is 20.3 Å². The second-order valence-electron chi connectivity index (χ2n) is 4.63. The Labute approximate surface area is 103 Å². The van der Waals surface area contributed by atoms with E-state index in [1.54, 1.807) is 7.05 Å². The summed E-state index contributed by atoms with van der Waals surface area (Å²) in [6.07, 6.45) is 2.73. The highest BCUT2D eigenvalue weighted by Gasteiger charge is 2.29. The van der Waals surface area contributed by atoms with Gasteiger partial charge in [-0.05, 0) is 25.3 Å². The predicted molar refractivity (Wildman–Crippen MR) is 66.5 cm³/mol. The van der Waals surface area contributed by atoms with Crippen LogP contribution in [0.25, 0.3) is 0 Å². The van der Waals surface area contributed by atoms with Crippen molar-refractivity contribution in [3.05, 3.63) is 0 Å². The van der Waals surface area contributed by atoms with Crippen LogP contribution in [0.4, 0.5) is 0 Å². The smallest absolute Gasteiger partial charge is 0.242 e. The molecule has 0 saturated carbocycles. The molecule has 1 rings (SSSR count). The van der Waals surface area contributed by atoms with Crippen LogP contribution >= 0.6 is 0 Å². The van der Waals surface area contributed by atoms with E-state index >= 15 is 0 Å². The molecule has 17 heavy (non-hydrogen) atoms. The van der Waals surface area contributed by atoms with Crippen LogP contribution in [0.1, 0.15) is 33.1 Å². The van der Waals surface area contributed by atoms with Gasteiger partial charge < -0.3 is 16.0 Å². The number of nitrogens with one attached hydrogen (secondary N) is 3. The quantitative estimate of drug-likeness (QED) is 0.635. The largest absolute Gasteiger partial charge is 0.357 e. The molecule has 5 nitrogen and oxygen atoms in total. The molecular weight excluding hydrogens is 218 g/mol. The van der Waals surface area contributed by atoms with Gasteiger partial charge in [0.25, 0.3) is 0 Å². The molecule has 1 saturated heterocycles. The summed E-state index contributed by atoms with van der Waals surface area (Å²) >= 11 is 0. The summed E-state index contributed by atoms with van der Waals surface area (Å²) in [6.45, 7) is 4.87. The second kappa shape index (κ2) is 6.59. The summed E-state index contributed by atoms with van der Waals surface area (Å²) in [6, 6.07) is -0.564. The molecule has 98 valence electrons. The number of carbonyl (C=O) groups excluding carboxylic acids is 2. The Bertz CT molecular complexity index is 275. The first-order valence-electron chi connectivity index (χ1n) is 6.35. The van der Waals surface area contributed by atoms with Crippen molar-refractivity contribution in [3.8, 4) is 0 Å². The zero-order valence-electron chi connectivity index (χ0n) is 10.9. The van der Waals surface area contributed by atoms with E-state index in [0.29, 0.717) is 0 Å². The van der Waals surface area contributed by atoms with E-state index in [-0.39, 0.29) is 23.8 Å². The van der Waals surface area contributed by atoms with Gasteiger partial charge in [0.05, 0.1) is 6.04 Å². The maximum Gasteiger partial charge on any atom is 0.242 e. The van der Waals surface area contributed by atoms with Crippen molar-refractivity contribution in [3.63, 3.8) is 0 Å². The first-order valence-corrected chi connectivity index (χ1v) is 6.35. The highest BCUT2D eigenvalue weighted by atomic mass is 16.2. The lowest BCUT2D eigenvalue weighted by atomic mass is 9.98. The molecule has 0 aromatic carbocycles. The van der Waals surface area contributed by atoms with Crippen molar-refractivity contribution in [2.75, 3.05) is 13.6 Å². The molecule has 1 aliphatic heterocycles. The lowest BCUT2D eigenvalue weighted by molar-refractivity contribution is -0.130. The Kier molecular flexibility index (Phi) is 5.41. The van der Waals surface area contributed by atoms with Gasteiger partial charge >= 0.3 is 0 Å². The van der Waals surface area contributed by atoms with Crippen LogP contribution in [0, 0.1) is 5.92 Å². The molecule has 1 fully saturated rings. The second-order valence-corrected chi connectivity index (χ2v) is 4.63. The minimum absolute atomic E-state index is 0.0589. The minimum atomic E-state index is -0.431. The molecular formula is C12H23N3O2. The van der Waals surface area contributed by atoms with Gasteiger partial charge in [-0.3, -0.25) is 9.59 Å². The summed E-state index contributed by atoms with van der Waals surface area (Å²) in [5, 5.41) is 8.58. The molecule has 0 radical (unpaired) electrons. The molecule has 5 heteroatoms. The molecule has 0 aliphatic carbocycles. The molecule has 2 amide bonds. The first-order chi connectivity index (χ1) is 8.10. The lowest BCUT2D eigenvalue weighted by Gasteiger charge is -2.24. The molecule has 1 aliphatic rings. The summed E-state index contributed by atoms with van der Waals surface area (Å²) in [4.78, 5) is 23.7. The predicted octanol–water partition coefficient (Wildman–Crippen LogP) is 0.0153. The Hall–Kier alpha value is -1.10. The van der Waals surface area contributed by atoms with E-state index in [2.05, 4.69) is 16.0 Å². The standard InChI is InChI=1S/C12H23N3O2/c1-4-8(2)10(12(17)13-3)15-11(16)9-6-5-7-14-9/h8-10,14H,4-7H2,1-3H3,(H,13,17)(H,15,16). The van der Waals surface area contributed by atoms with E-state index in [4.69, 9.17) is 0 Å².